The van der Waals surface area contributed by atoms with Gasteiger partial charge in [0.1, 0.15) is 6.33 Å². The van der Waals surface area contributed by atoms with Crippen molar-refractivity contribution in [3.8, 4) is 5.82 Å². The number of nitrogens with one attached hydrogen (secondary N) is 1. The summed E-state index contributed by atoms with van der Waals surface area (Å²) in [5.74, 6) is -1.09. The zero-order chi connectivity index (χ0) is 29.2. The predicted molar refractivity (Wildman–Crippen MR) is 127 cm³/mol. The van der Waals surface area contributed by atoms with Crippen LogP contribution in [-0.2, 0) is 17.1 Å². The van der Waals surface area contributed by atoms with Crippen molar-refractivity contribution in [3.05, 3.63) is 70.9 Å². The number of halogens is 6. The van der Waals surface area contributed by atoms with Crippen LogP contribution < -0.4 is 5.32 Å². The molecule has 1 N–H and O–H groups in total. The first-order valence-corrected chi connectivity index (χ1v) is 12.1. The lowest BCUT2D eigenvalue weighted by atomic mass is 10.0. The van der Waals surface area contributed by atoms with Crippen LogP contribution in [0.5, 0.6) is 0 Å². The van der Waals surface area contributed by atoms with Crippen molar-refractivity contribution in [3.63, 3.8) is 0 Å². The van der Waals surface area contributed by atoms with Gasteiger partial charge in [0.15, 0.2) is 11.6 Å². The summed E-state index contributed by atoms with van der Waals surface area (Å²) in [6.07, 6.45) is -6.26. The van der Waals surface area contributed by atoms with Crippen molar-refractivity contribution < 1.29 is 40.7 Å². The molecule has 40 heavy (non-hydrogen) atoms. The Morgan fingerprint density at radius 2 is 1.62 bits per heavy atom. The molecule has 2 aromatic heterocycles. The normalized spacial score (nSPS) is 15.5. The van der Waals surface area contributed by atoms with E-state index in [1.165, 1.54) is 29.9 Å². The number of hydrogen-bond acceptors (Lipinski definition) is 6. The van der Waals surface area contributed by atoms with Crippen LogP contribution in [0, 0.1) is 0 Å². The number of hydrogen-bond donors (Lipinski definition) is 1. The van der Waals surface area contributed by atoms with Crippen LogP contribution in [-0.4, -0.2) is 62.8 Å². The number of amides is 2. The van der Waals surface area contributed by atoms with Gasteiger partial charge in [0.25, 0.3) is 11.8 Å². The molecule has 15 heteroatoms. The van der Waals surface area contributed by atoms with Crippen LogP contribution >= 0.6 is 0 Å². The second-order valence-electron chi connectivity index (χ2n) is 9.18. The Labute approximate surface area is 224 Å². The molecule has 3 heterocycles. The zero-order valence-electron chi connectivity index (χ0n) is 21.3. The Morgan fingerprint density at radius 3 is 2.17 bits per heavy atom. The summed E-state index contributed by atoms with van der Waals surface area (Å²) in [6, 6.07) is 2.71. The molecular formula is C25H24F6N6O3. The SMILES string of the molecule is C[C@H](NC(=O)c1cc(C(F)(F)F)cc(C(F)(F)F)c1)c1ncnn1-c1ccc(C(=O)N(C)C2CCOCC2)cn1. The van der Waals surface area contributed by atoms with Gasteiger partial charge in [0, 0.05) is 38.1 Å². The first-order valence-electron chi connectivity index (χ1n) is 12.1. The van der Waals surface area contributed by atoms with Crippen molar-refractivity contribution >= 4 is 11.8 Å². The third-order valence-electron chi connectivity index (χ3n) is 6.43. The molecular weight excluding hydrogens is 546 g/mol. The first kappa shape index (κ1) is 29.0. The van der Waals surface area contributed by atoms with E-state index in [4.69, 9.17) is 4.74 Å². The Bertz CT molecular complexity index is 1330. The lowest BCUT2D eigenvalue weighted by molar-refractivity contribution is -0.143. The van der Waals surface area contributed by atoms with Crippen LogP contribution in [0.25, 0.3) is 5.82 Å². The van der Waals surface area contributed by atoms with Gasteiger partial charge in [-0.15, -0.1) is 0 Å². The first-order chi connectivity index (χ1) is 18.8. The molecule has 9 nitrogen and oxygen atoms in total. The molecule has 1 aliphatic heterocycles. The van der Waals surface area contributed by atoms with Gasteiger partial charge in [-0.3, -0.25) is 9.59 Å². The lowest BCUT2D eigenvalue weighted by Gasteiger charge is -2.31. The largest absolute Gasteiger partial charge is 0.416 e. The second kappa shape index (κ2) is 11.2. The fourth-order valence-corrected chi connectivity index (χ4v) is 4.23. The van der Waals surface area contributed by atoms with Crippen LogP contribution in [0.15, 0.2) is 42.9 Å². The maximum atomic E-state index is 13.2. The van der Waals surface area contributed by atoms with E-state index in [9.17, 15) is 35.9 Å². The van der Waals surface area contributed by atoms with Crippen molar-refractivity contribution in [2.24, 2.45) is 0 Å². The van der Waals surface area contributed by atoms with Gasteiger partial charge in [0.2, 0.25) is 0 Å². The van der Waals surface area contributed by atoms with Crippen LogP contribution in [0.3, 0.4) is 0 Å². The highest BCUT2D eigenvalue weighted by Gasteiger charge is 2.37. The summed E-state index contributed by atoms with van der Waals surface area (Å²) in [5.41, 5.74) is -3.71. The molecule has 1 fully saturated rings. The van der Waals surface area contributed by atoms with Gasteiger partial charge >= 0.3 is 12.4 Å². The minimum absolute atomic E-state index is 0.0383. The van der Waals surface area contributed by atoms with Crippen molar-refractivity contribution in [2.45, 2.75) is 44.2 Å². The van der Waals surface area contributed by atoms with E-state index in [1.54, 1.807) is 11.9 Å². The van der Waals surface area contributed by atoms with Gasteiger partial charge in [-0.1, -0.05) is 0 Å². The summed E-state index contributed by atoms with van der Waals surface area (Å²) < 4.78 is 85.7. The summed E-state index contributed by atoms with van der Waals surface area (Å²) in [5, 5.41) is 6.40. The standard InChI is InChI=1S/C25H24F6N6O3/c1-14(35-22(38)16-9-17(24(26,27)28)11-18(10-16)25(29,30)31)21-33-13-34-37(21)20-4-3-15(12-32-20)23(39)36(2)19-5-7-40-8-6-19/h3-4,9-14,19H,5-8H2,1-2H3,(H,35,38)/t14-/m0/s1. The molecule has 0 saturated carbocycles. The highest BCUT2D eigenvalue weighted by atomic mass is 19.4. The van der Waals surface area contributed by atoms with Crippen molar-refractivity contribution in [1.82, 2.24) is 30.0 Å². The van der Waals surface area contributed by atoms with Crippen molar-refractivity contribution in [1.29, 1.82) is 0 Å². The average molecular weight is 570 g/mol. The van der Waals surface area contributed by atoms with Gasteiger partial charge in [-0.2, -0.15) is 36.1 Å². The van der Waals surface area contributed by atoms with E-state index in [0.29, 0.717) is 30.9 Å². The van der Waals surface area contributed by atoms with Gasteiger partial charge in [-0.05, 0) is 50.1 Å². The molecule has 1 atom stereocenters. The molecule has 0 radical (unpaired) electrons. The van der Waals surface area contributed by atoms with E-state index in [0.717, 1.165) is 19.2 Å². The smallest absolute Gasteiger partial charge is 0.381 e. The number of nitrogens with zero attached hydrogens (tertiary/aromatic N) is 5. The molecule has 1 aromatic carbocycles. The summed E-state index contributed by atoms with van der Waals surface area (Å²) in [4.78, 5) is 35.5. The molecule has 2 amide bonds. The molecule has 0 spiro atoms. The fourth-order valence-electron chi connectivity index (χ4n) is 4.23. The van der Waals surface area contributed by atoms with Gasteiger partial charge < -0.3 is 15.0 Å². The Hall–Kier alpha value is -4.01. The zero-order valence-corrected chi connectivity index (χ0v) is 21.3. The number of carbonyl (C=O) groups excluding carboxylic acids is 2. The number of alkyl halides is 6. The minimum Gasteiger partial charge on any atom is -0.381 e. The van der Waals surface area contributed by atoms with Crippen LogP contribution in [0.4, 0.5) is 26.3 Å². The maximum absolute atomic E-state index is 13.2. The van der Waals surface area contributed by atoms with E-state index in [2.05, 4.69) is 20.4 Å². The third-order valence-corrected chi connectivity index (χ3v) is 6.43. The van der Waals surface area contributed by atoms with Gasteiger partial charge in [-0.25, -0.2) is 9.97 Å². The number of pyridine rings is 1. The Kier molecular flexibility index (Phi) is 8.14. The summed E-state index contributed by atoms with van der Waals surface area (Å²) in [7, 11) is 1.70. The van der Waals surface area contributed by atoms with E-state index >= 15 is 0 Å². The topological polar surface area (TPSA) is 102 Å². The molecule has 1 aliphatic rings. The molecule has 0 bridgehead atoms. The van der Waals surface area contributed by atoms with E-state index < -0.39 is 41.0 Å². The Balaban J connectivity index is 1.51. The molecule has 4 rings (SSSR count). The minimum atomic E-state index is -5.10. The molecule has 0 aliphatic carbocycles. The maximum Gasteiger partial charge on any atom is 0.416 e. The van der Waals surface area contributed by atoms with Crippen LogP contribution in [0.2, 0.25) is 0 Å². The quantitative estimate of drug-likeness (QED) is 0.440. The Morgan fingerprint density at radius 1 is 1.00 bits per heavy atom. The number of carbonyl (C=O) groups is 2. The lowest BCUT2D eigenvalue weighted by Crippen LogP contribution is -2.40. The average Bonchev–Trinajstić information content (AvgIpc) is 3.42. The van der Waals surface area contributed by atoms with Crippen LogP contribution in [0.1, 0.15) is 63.5 Å². The number of ether oxygens (including phenoxy) is 1. The summed E-state index contributed by atoms with van der Waals surface area (Å²) >= 11 is 0. The van der Waals surface area contributed by atoms with Crippen molar-refractivity contribution in [2.75, 3.05) is 20.3 Å². The highest BCUT2D eigenvalue weighted by Crippen LogP contribution is 2.36. The monoisotopic (exact) mass is 570 g/mol. The number of benzene rings is 1. The molecule has 1 saturated heterocycles. The second-order valence-corrected chi connectivity index (χ2v) is 9.18. The van der Waals surface area contributed by atoms with E-state index in [1.807, 2.05) is 0 Å². The number of aromatic nitrogens is 4. The molecule has 3 aromatic rings. The number of rotatable bonds is 6. The third kappa shape index (κ3) is 6.41. The molecule has 214 valence electrons. The fraction of sp³-hybridized carbons (Fsp3) is 0.400. The van der Waals surface area contributed by atoms with Gasteiger partial charge in [0.05, 0.1) is 22.7 Å². The highest BCUT2D eigenvalue weighted by molar-refractivity contribution is 5.95. The summed E-state index contributed by atoms with van der Waals surface area (Å²) in [6.45, 7) is 2.57. The molecule has 0 unspecified atom stereocenters. The predicted octanol–water partition coefficient (Wildman–Crippen LogP) is 4.44. The van der Waals surface area contributed by atoms with E-state index in [-0.39, 0.29) is 29.7 Å².